The zero-order chi connectivity index (χ0) is 17.2. The third-order valence-electron chi connectivity index (χ3n) is 3.17. The van der Waals surface area contributed by atoms with Gasteiger partial charge in [0.2, 0.25) is 0 Å². The van der Waals surface area contributed by atoms with Gasteiger partial charge in [-0.25, -0.2) is 14.2 Å². The van der Waals surface area contributed by atoms with Crippen LogP contribution in [0.1, 0.15) is 11.1 Å². The summed E-state index contributed by atoms with van der Waals surface area (Å²) < 4.78 is 1.93. The molecule has 1 aromatic carbocycles. The van der Waals surface area contributed by atoms with Crippen molar-refractivity contribution < 1.29 is 24.5 Å². The molecule has 0 saturated carbocycles. The highest BCUT2D eigenvalue weighted by molar-refractivity contribution is 5.79. The zero-order valence-electron chi connectivity index (χ0n) is 13.7. The van der Waals surface area contributed by atoms with E-state index >= 15 is 0 Å². The van der Waals surface area contributed by atoms with Gasteiger partial charge in [-0.2, -0.15) is 0 Å². The summed E-state index contributed by atoms with van der Waals surface area (Å²) in [5.74, 6) is 0. The summed E-state index contributed by atoms with van der Waals surface area (Å²) in [6, 6.07) is 13.7. The van der Waals surface area contributed by atoms with E-state index in [0.29, 0.717) is 5.70 Å². The van der Waals surface area contributed by atoms with Crippen molar-refractivity contribution in [2.24, 2.45) is 7.05 Å². The molecule has 0 spiro atoms. The van der Waals surface area contributed by atoms with Gasteiger partial charge in [-0.05, 0) is 11.6 Å². The van der Waals surface area contributed by atoms with E-state index in [1.54, 1.807) is 0 Å². The SMILES string of the molecule is C[n+]1ccc(C(=Cc2ccccc2)N(OCCO)OCCO)cc1. The Morgan fingerprint density at radius 3 is 2.12 bits per heavy atom. The number of benzene rings is 1. The molecule has 0 aliphatic rings. The fourth-order valence-corrected chi connectivity index (χ4v) is 2.04. The molecule has 0 unspecified atom stereocenters. The minimum atomic E-state index is -0.138. The van der Waals surface area contributed by atoms with Crippen LogP contribution in [0.3, 0.4) is 0 Å². The van der Waals surface area contributed by atoms with Gasteiger partial charge in [0.1, 0.15) is 26.0 Å². The first-order valence-corrected chi connectivity index (χ1v) is 7.74. The van der Waals surface area contributed by atoms with Gasteiger partial charge >= 0.3 is 0 Å². The van der Waals surface area contributed by atoms with Crippen molar-refractivity contribution in [3.63, 3.8) is 0 Å². The summed E-state index contributed by atoms with van der Waals surface area (Å²) in [5, 5.41) is 19.3. The number of nitrogens with zero attached hydrogens (tertiary/aromatic N) is 2. The van der Waals surface area contributed by atoms with E-state index in [2.05, 4.69) is 0 Å². The molecule has 6 heteroatoms. The third kappa shape index (κ3) is 5.43. The van der Waals surface area contributed by atoms with Gasteiger partial charge in [-0.3, -0.25) is 0 Å². The van der Waals surface area contributed by atoms with E-state index in [1.165, 1.54) is 5.23 Å². The van der Waals surface area contributed by atoms with Crippen LogP contribution in [0.4, 0.5) is 0 Å². The van der Waals surface area contributed by atoms with E-state index < -0.39 is 0 Å². The molecule has 2 N–H and O–H groups in total. The Labute approximate surface area is 141 Å². The molecular formula is C18H23N2O4+. The Bertz CT molecular complexity index is 621. The molecule has 6 nitrogen and oxygen atoms in total. The molecule has 0 fully saturated rings. The van der Waals surface area contributed by atoms with Gasteiger partial charge in [0.15, 0.2) is 12.4 Å². The summed E-state index contributed by atoms with van der Waals surface area (Å²) in [7, 11) is 1.94. The van der Waals surface area contributed by atoms with Crippen LogP contribution in [0.5, 0.6) is 0 Å². The lowest BCUT2D eigenvalue weighted by Crippen LogP contribution is -2.28. The predicted octanol–water partition coefficient (Wildman–Crippen LogP) is 1.16. The summed E-state index contributed by atoms with van der Waals surface area (Å²) in [5.41, 5.74) is 2.53. The fraction of sp³-hybridized carbons (Fsp3) is 0.278. The molecule has 24 heavy (non-hydrogen) atoms. The highest BCUT2D eigenvalue weighted by Gasteiger charge is 2.15. The number of hydrogen-bond donors (Lipinski definition) is 2. The van der Waals surface area contributed by atoms with Gasteiger partial charge < -0.3 is 10.2 Å². The molecule has 2 rings (SSSR count). The van der Waals surface area contributed by atoms with Gasteiger partial charge in [0.25, 0.3) is 0 Å². The first kappa shape index (κ1) is 18.1. The second-order valence-corrected chi connectivity index (χ2v) is 5.06. The van der Waals surface area contributed by atoms with E-state index in [1.807, 2.05) is 72.5 Å². The van der Waals surface area contributed by atoms with E-state index in [-0.39, 0.29) is 26.4 Å². The van der Waals surface area contributed by atoms with E-state index in [0.717, 1.165) is 11.1 Å². The monoisotopic (exact) mass is 331 g/mol. The van der Waals surface area contributed by atoms with Crippen molar-refractivity contribution in [1.29, 1.82) is 0 Å². The highest BCUT2D eigenvalue weighted by atomic mass is 16.9. The highest BCUT2D eigenvalue weighted by Crippen LogP contribution is 2.22. The number of rotatable bonds is 9. The molecule has 128 valence electrons. The van der Waals surface area contributed by atoms with Crippen LogP contribution < -0.4 is 4.57 Å². The van der Waals surface area contributed by atoms with Gasteiger partial charge in [0.05, 0.1) is 13.2 Å². The quantitative estimate of drug-likeness (QED) is 0.533. The molecule has 0 radical (unpaired) electrons. The minimum Gasteiger partial charge on any atom is -0.394 e. The number of aromatic nitrogens is 1. The maximum atomic E-state index is 9.04. The summed E-state index contributed by atoms with van der Waals surface area (Å²) in [6.45, 7) is -0.112. The molecule has 0 atom stereocenters. The number of aliphatic hydroxyl groups excluding tert-OH is 2. The van der Waals surface area contributed by atoms with Crippen LogP contribution in [0.25, 0.3) is 11.8 Å². The predicted molar refractivity (Wildman–Crippen MR) is 89.8 cm³/mol. The molecule has 0 aliphatic heterocycles. The van der Waals surface area contributed by atoms with Crippen LogP contribution in [0.15, 0.2) is 54.9 Å². The maximum Gasteiger partial charge on any atom is 0.169 e. The van der Waals surface area contributed by atoms with Crippen molar-refractivity contribution in [1.82, 2.24) is 5.23 Å². The lowest BCUT2D eigenvalue weighted by atomic mass is 10.1. The fourth-order valence-electron chi connectivity index (χ4n) is 2.04. The standard InChI is InChI=1S/C18H23N2O4/c1-19-9-7-17(8-10-19)18(15-16-5-3-2-4-6-16)20(23-13-11-21)24-14-12-22/h2-10,15,21-22H,11-14H2,1H3/q+1. The average Bonchev–Trinajstić information content (AvgIpc) is 2.62. The number of hydrogen-bond acceptors (Lipinski definition) is 5. The van der Waals surface area contributed by atoms with Crippen molar-refractivity contribution in [2.45, 2.75) is 0 Å². The number of pyridine rings is 1. The molecule has 2 aromatic rings. The summed E-state index contributed by atoms with van der Waals surface area (Å²) in [6.07, 6.45) is 5.76. The minimum absolute atomic E-state index is 0.0815. The second kappa shape index (κ2) is 9.79. The normalized spacial score (nSPS) is 11.5. The molecular weight excluding hydrogens is 308 g/mol. The van der Waals surface area contributed by atoms with Gasteiger partial charge in [0, 0.05) is 17.7 Å². The van der Waals surface area contributed by atoms with Gasteiger partial charge in [-0.1, -0.05) is 30.3 Å². The lowest BCUT2D eigenvalue weighted by molar-refractivity contribution is -0.671. The summed E-state index contributed by atoms with van der Waals surface area (Å²) in [4.78, 5) is 11.0. The second-order valence-electron chi connectivity index (χ2n) is 5.06. The van der Waals surface area contributed by atoms with Crippen LogP contribution >= 0.6 is 0 Å². The average molecular weight is 331 g/mol. The van der Waals surface area contributed by atoms with Crippen LogP contribution in [-0.2, 0) is 16.7 Å². The molecule has 0 aliphatic carbocycles. The van der Waals surface area contributed by atoms with Crippen molar-refractivity contribution in [3.05, 3.63) is 66.0 Å². The van der Waals surface area contributed by atoms with Crippen molar-refractivity contribution in [2.75, 3.05) is 26.4 Å². The number of aliphatic hydroxyl groups is 2. The van der Waals surface area contributed by atoms with Crippen molar-refractivity contribution >= 4 is 11.8 Å². The smallest absolute Gasteiger partial charge is 0.169 e. The van der Waals surface area contributed by atoms with Gasteiger partial charge in [-0.15, -0.1) is 5.23 Å². The molecule has 1 heterocycles. The Morgan fingerprint density at radius 1 is 1.00 bits per heavy atom. The van der Waals surface area contributed by atoms with Crippen LogP contribution in [0.2, 0.25) is 0 Å². The van der Waals surface area contributed by atoms with E-state index in [9.17, 15) is 0 Å². The molecule has 0 bridgehead atoms. The molecule has 1 aromatic heterocycles. The maximum absolute atomic E-state index is 9.04. The Kier molecular flexibility index (Phi) is 7.38. The molecule has 0 saturated heterocycles. The van der Waals surface area contributed by atoms with E-state index in [4.69, 9.17) is 19.9 Å². The van der Waals surface area contributed by atoms with Crippen LogP contribution in [0, 0.1) is 0 Å². The first-order valence-electron chi connectivity index (χ1n) is 7.74. The largest absolute Gasteiger partial charge is 0.394 e. The Balaban J connectivity index is 2.38. The first-order chi connectivity index (χ1) is 11.7. The molecule has 0 amide bonds. The van der Waals surface area contributed by atoms with Crippen molar-refractivity contribution in [3.8, 4) is 0 Å². The third-order valence-corrected chi connectivity index (χ3v) is 3.17. The van der Waals surface area contributed by atoms with Crippen LogP contribution in [-0.4, -0.2) is 41.9 Å². The summed E-state index contributed by atoms with van der Waals surface area (Å²) >= 11 is 0. The zero-order valence-corrected chi connectivity index (χ0v) is 13.7. The lowest BCUT2D eigenvalue weighted by Gasteiger charge is -2.24. The Morgan fingerprint density at radius 2 is 1.58 bits per heavy atom. The topological polar surface area (TPSA) is 66.0 Å². The Hall–Kier alpha value is -2.25. The number of aryl methyl sites for hydroxylation is 1. The number of hydroxylamine groups is 2.